The first kappa shape index (κ1) is 19.7. The van der Waals surface area contributed by atoms with E-state index in [1.54, 1.807) is 17.0 Å². The molecule has 2 aromatic rings. The van der Waals surface area contributed by atoms with E-state index in [0.29, 0.717) is 24.7 Å². The number of fused-ring (bicyclic) bond motifs is 1. The molecule has 0 saturated carbocycles. The third kappa shape index (κ3) is 3.46. The third-order valence-corrected chi connectivity index (χ3v) is 7.42. The molecule has 0 radical (unpaired) electrons. The van der Waals surface area contributed by atoms with Crippen LogP contribution in [0.1, 0.15) is 43.7 Å². The van der Waals surface area contributed by atoms with Gasteiger partial charge in [-0.25, -0.2) is 8.42 Å². The Morgan fingerprint density at radius 3 is 2.28 bits per heavy atom. The van der Waals surface area contributed by atoms with Crippen LogP contribution in [-0.2, 0) is 14.6 Å². The quantitative estimate of drug-likeness (QED) is 0.747. The van der Waals surface area contributed by atoms with E-state index in [-0.39, 0.29) is 9.80 Å². The summed E-state index contributed by atoms with van der Waals surface area (Å²) in [6.07, 6.45) is 3.33. The van der Waals surface area contributed by atoms with Crippen molar-refractivity contribution in [2.24, 2.45) is 0 Å². The number of rotatable bonds is 3. The fraction of sp³-hybridized carbons (Fsp3) is 0.348. The second-order valence-corrected chi connectivity index (χ2v) is 9.97. The van der Waals surface area contributed by atoms with Crippen molar-refractivity contribution in [1.82, 2.24) is 4.90 Å². The number of carbonyl (C=O) groups excluding carboxylic acids is 1. The summed E-state index contributed by atoms with van der Waals surface area (Å²) in [5.74, 6) is 0.000636. The van der Waals surface area contributed by atoms with Gasteiger partial charge in [-0.05, 0) is 61.1 Å². The van der Waals surface area contributed by atoms with Crippen LogP contribution in [0.15, 0.2) is 58.5 Å². The van der Waals surface area contributed by atoms with Crippen molar-refractivity contribution in [2.45, 2.75) is 44.4 Å². The maximum absolute atomic E-state index is 13.3. The molecule has 6 heteroatoms. The van der Waals surface area contributed by atoms with Crippen molar-refractivity contribution in [3.05, 3.63) is 64.7 Å². The molecule has 5 nitrogen and oxygen atoms in total. The zero-order chi connectivity index (χ0) is 20.8. The molecule has 29 heavy (non-hydrogen) atoms. The van der Waals surface area contributed by atoms with Gasteiger partial charge in [0.05, 0.1) is 10.6 Å². The molecule has 2 heterocycles. The predicted octanol–water partition coefficient (Wildman–Crippen LogP) is 4.51. The monoisotopic (exact) mass is 410 g/mol. The second-order valence-electron chi connectivity index (χ2n) is 8.08. The van der Waals surface area contributed by atoms with Crippen molar-refractivity contribution in [2.75, 3.05) is 18.0 Å². The molecule has 0 aliphatic carbocycles. The van der Waals surface area contributed by atoms with E-state index in [2.05, 4.69) is 13.8 Å². The van der Waals surface area contributed by atoms with Gasteiger partial charge in [0.2, 0.25) is 9.84 Å². The highest BCUT2D eigenvalue weighted by Crippen LogP contribution is 2.41. The van der Waals surface area contributed by atoms with E-state index in [9.17, 15) is 13.2 Å². The van der Waals surface area contributed by atoms with Gasteiger partial charge in [0, 0.05) is 25.0 Å². The lowest BCUT2D eigenvalue weighted by molar-refractivity contribution is -0.125. The molecule has 0 N–H and O–H groups in total. The average molecular weight is 411 g/mol. The van der Waals surface area contributed by atoms with Gasteiger partial charge in [0.15, 0.2) is 4.91 Å². The van der Waals surface area contributed by atoms with E-state index >= 15 is 0 Å². The van der Waals surface area contributed by atoms with Crippen molar-refractivity contribution < 1.29 is 13.2 Å². The molecule has 0 spiro atoms. The van der Waals surface area contributed by atoms with Gasteiger partial charge in [-0.15, -0.1) is 0 Å². The molecule has 4 rings (SSSR count). The first-order chi connectivity index (χ1) is 13.8. The number of benzene rings is 2. The van der Waals surface area contributed by atoms with Crippen LogP contribution >= 0.6 is 0 Å². The Morgan fingerprint density at radius 1 is 1.00 bits per heavy atom. The SMILES string of the molecule is Cc1ccc2c(c1)N(c1ccc(C(C)C)cc1)C=C(C(=O)N1CCCC1)S2(=O)=O. The van der Waals surface area contributed by atoms with Crippen LogP contribution in [0.5, 0.6) is 0 Å². The minimum absolute atomic E-state index is 0.149. The van der Waals surface area contributed by atoms with Gasteiger partial charge in [-0.2, -0.15) is 0 Å². The molecule has 2 aliphatic rings. The first-order valence-corrected chi connectivity index (χ1v) is 11.5. The summed E-state index contributed by atoms with van der Waals surface area (Å²) in [6, 6.07) is 13.3. The van der Waals surface area contributed by atoms with E-state index < -0.39 is 15.7 Å². The maximum Gasteiger partial charge on any atom is 0.267 e. The van der Waals surface area contributed by atoms with E-state index in [4.69, 9.17) is 0 Å². The Bertz CT molecular complexity index is 1080. The molecule has 1 saturated heterocycles. The Morgan fingerprint density at radius 2 is 1.66 bits per heavy atom. The number of carbonyl (C=O) groups is 1. The largest absolute Gasteiger partial charge is 0.338 e. The van der Waals surface area contributed by atoms with Crippen molar-refractivity contribution in [1.29, 1.82) is 0 Å². The Kier molecular flexibility index (Phi) is 4.99. The van der Waals surface area contributed by atoms with Crippen LogP contribution < -0.4 is 4.90 Å². The molecular weight excluding hydrogens is 384 g/mol. The summed E-state index contributed by atoms with van der Waals surface area (Å²) >= 11 is 0. The van der Waals surface area contributed by atoms with Crippen molar-refractivity contribution >= 4 is 27.1 Å². The van der Waals surface area contributed by atoms with Crippen LogP contribution in [0.25, 0.3) is 0 Å². The third-order valence-electron chi connectivity index (χ3n) is 5.64. The molecule has 0 unspecified atom stereocenters. The van der Waals surface area contributed by atoms with Crippen molar-refractivity contribution in [3.8, 4) is 0 Å². The van der Waals surface area contributed by atoms with Crippen LogP contribution in [0, 0.1) is 6.92 Å². The average Bonchev–Trinajstić information content (AvgIpc) is 3.22. The van der Waals surface area contributed by atoms with Gasteiger partial charge < -0.3 is 9.80 Å². The number of nitrogens with zero attached hydrogens (tertiary/aromatic N) is 2. The molecule has 152 valence electrons. The van der Waals surface area contributed by atoms with Crippen molar-refractivity contribution in [3.63, 3.8) is 0 Å². The maximum atomic E-state index is 13.3. The number of likely N-dealkylation sites (tertiary alicyclic amines) is 1. The van der Waals surface area contributed by atoms with Crippen LogP contribution in [0.3, 0.4) is 0 Å². The summed E-state index contributed by atoms with van der Waals surface area (Å²) < 4.78 is 26.6. The van der Waals surface area contributed by atoms with Crippen LogP contribution in [-0.4, -0.2) is 32.3 Å². The lowest BCUT2D eigenvalue weighted by Crippen LogP contribution is -2.35. The zero-order valence-corrected chi connectivity index (χ0v) is 17.9. The molecule has 0 atom stereocenters. The van der Waals surface area contributed by atoms with E-state index in [1.807, 2.05) is 42.2 Å². The molecule has 0 bridgehead atoms. The number of hydrogen-bond acceptors (Lipinski definition) is 4. The van der Waals surface area contributed by atoms with E-state index in [1.165, 1.54) is 11.8 Å². The summed E-state index contributed by atoms with van der Waals surface area (Å²) in [6.45, 7) is 7.41. The Labute approximate surface area is 172 Å². The summed E-state index contributed by atoms with van der Waals surface area (Å²) in [5, 5.41) is 0. The summed E-state index contributed by atoms with van der Waals surface area (Å²) in [5.41, 5.74) is 3.59. The zero-order valence-electron chi connectivity index (χ0n) is 17.1. The standard InChI is InChI=1S/C23H26N2O3S/c1-16(2)18-7-9-19(10-8-18)25-15-22(23(26)24-12-4-5-13-24)29(27,28)21-11-6-17(3)14-20(21)25/h6-11,14-16H,4-5,12-13H2,1-3H3. The normalized spacial score (nSPS) is 18.0. The number of anilines is 2. The number of sulfone groups is 1. The second kappa shape index (κ2) is 7.34. The minimum atomic E-state index is -3.87. The fourth-order valence-electron chi connectivity index (χ4n) is 3.90. The van der Waals surface area contributed by atoms with Gasteiger partial charge in [0.1, 0.15) is 0 Å². The Hall–Kier alpha value is -2.60. The molecule has 2 aliphatic heterocycles. The number of aryl methyl sites for hydroxylation is 1. The molecule has 1 amide bonds. The Balaban J connectivity index is 1.86. The highest BCUT2D eigenvalue weighted by molar-refractivity contribution is 7.96. The van der Waals surface area contributed by atoms with Gasteiger partial charge in [-0.3, -0.25) is 4.79 Å². The van der Waals surface area contributed by atoms with Crippen LogP contribution in [0.4, 0.5) is 11.4 Å². The van der Waals surface area contributed by atoms with Crippen LogP contribution in [0.2, 0.25) is 0 Å². The molecular formula is C23H26N2O3S. The lowest BCUT2D eigenvalue weighted by atomic mass is 10.0. The molecule has 0 aromatic heterocycles. The number of amides is 1. The van der Waals surface area contributed by atoms with Gasteiger partial charge in [0.25, 0.3) is 5.91 Å². The summed E-state index contributed by atoms with van der Waals surface area (Å²) in [4.78, 5) is 16.6. The minimum Gasteiger partial charge on any atom is -0.338 e. The highest BCUT2D eigenvalue weighted by atomic mass is 32.2. The molecule has 2 aromatic carbocycles. The van der Waals surface area contributed by atoms with Gasteiger partial charge >= 0.3 is 0 Å². The topological polar surface area (TPSA) is 57.7 Å². The summed E-state index contributed by atoms with van der Waals surface area (Å²) in [7, 11) is -3.87. The predicted molar refractivity (Wildman–Crippen MR) is 115 cm³/mol. The lowest BCUT2D eigenvalue weighted by Gasteiger charge is -2.30. The first-order valence-electron chi connectivity index (χ1n) is 10.0. The molecule has 1 fully saturated rings. The van der Waals surface area contributed by atoms with E-state index in [0.717, 1.165) is 24.1 Å². The number of hydrogen-bond donors (Lipinski definition) is 0. The van der Waals surface area contributed by atoms with Gasteiger partial charge in [-0.1, -0.05) is 32.0 Å². The smallest absolute Gasteiger partial charge is 0.267 e. The highest BCUT2D eigenvalue weighted by Gasteiger charge is 2.38. The fourth-order valence-corrected chi connectivity index (χ4v) is 5.42.